The fraction of sp³-hybridized carbons (Fsp3) is 0.389. The highest BCUT2D eigenvalue weighted by atomic mass is 16.5. The van der Waals surface area contributed by atoms with Crippen molar-refractivity contribution in [3.63, 3.8) is 0 Å². The summed E-state index contributed by atoms with van der Waals surface area (Å²) in [6, 6.07) is 7.07. The van der Waals surface area contributed by atoms with Crippen LogP contribution in [0.1, 0.15) is 30.2 Å². The number of hydrogen-bond acceptors (Lipinski definition) is 6. The van der Waals surface area contributed by atoms with Crippen molar-refractivity contribution in [3.05, 3.63) is 35.8 Å². The number of aromatic nitrogens is 2. The van der Waals surface area contributed by atoms with Gasteiger partial charge in [0.05, 0.1) is 14.2 Å². The minimum atomic E-state index is -0.213. The van der Waals surface area contributed by atoms with E-state index in [9.17, 15) is 4.79 Å². The van der Waals surface area contributed by atoms with E-state index in [4.69, 9.17) is 9.47 Å². The van der Waals surface area contributed by atoms with Crippen molar-refractivity contribution in [1.29, 1.82) is 0 Å². The molecule has 0 radical (unpaired) electrons. The van der Waals surface area contributed by atoms with E-state index in [1.54, 1.807) is 39.3 Å². The van der Waals surface area contributed by atoms with Crippen LogP contribution < -0.4 is 20.1 Å². The second-order valence-electron chi connectivity index (χ2n) is 5.98. The summed E-state index contributed by atoms with van der Waals surface area (Å²) in [7, 11) is 3.16. The summed E-state index contributed by atoms with van der Waals surface area (Å²) in [6.07, 6.45) is 0. The lowest BCUT2D eigenvalue weighted by molar-refractivity contribution is 0.0943. The van der Waals surface area contributed by atoms with Crippen LogP contribution in [0.4, 0.5) is 11.5 Å². The maximum atomic E-state index is 12.2. The fourth-order valence-electron chi connectivity index (χ4n) is 2.20. The molecule has 0 aliphatic heterocycles. The zero-order chi connectivity index (χ0) is 18.4. The van der Waals surface area contributed by atoms with Crippen LogP contribution in [0.15, 0.2) is 24.3 Å². The van der Waals surface area contributed by atoms with Gasteiger partial charge in [0.2, 0.25) is 0 Å². The number of aryl methyl sites for hydroxylation is 1. The van der Waals surface area contributed by atoms with E-state index >= 15 is 0 Å². The SMILES string of the molecule is COc1ccc(Nc2cc(C(=O)NCC(C)C)nc(C)n2)cc1OC. The summed E-state index contributed by atoms with van der Waals surface area (Å²) in [6.45, 7) is 6.42. The molecule has 0 saturated carbocycles. The number of rotatable bonds is 7. The number of benzene rings is 1. The molecule has 1 aromatic heterocycles. The van der Waals surface area contributed by atoms with Crippen molar-refractivity contribution in [2.24, 2.45) is 5.92 Å². The average Bonchev–Trinajstić information content (AvgIpc) is 2.58. The second kappa shape index (κ2) is 8.32. The van der Waals surface area contributed by atoms with Gasteiger partial charge in [0.25, 0.3) is 5.91 Å². The molecule has 7 heteroatoms. The van der Waals surface area contributed by atoms with Crippen LogP contribution in [-0.2, 0) is 0 Å². The molecule has 1 heterocycles. The van der Waals surface area contributed by atoms with Gasteiger partial charge in [-0.15, -0.1) is 0 Å². The maximum Gasteiger partial charge on any atom is 0.270 e. The molecule has 0 spiro atoms. The lowest BCUT2D eigenvalue weighted by Crippen LogP contribution is -2.28. The van der Waals surface area contributed by atoms with Gasteiger partial charge in [-0.05, 0) is 25.0 Å². The Morgan fingerprint density at radius 2 is 1.84 bits per heavy atom. The van der Waals surface area contributed by atoms with Crippen molar-refractivity contribution in [1.82, 2.24) is 15.3 Å². The van der Waals surface area contributed by atoms with Gasteiger partial charge in [0.1, 0.15) is 17.3 Å². The third-order valence-corrected chi connectivity index (χ3v) is 3.40. The van der Waals surface area contributed by atoms with Gasteiger partial charge in [-0.2, -0.15) is 0 Å². The van der Waals surface area contributed by atoms with Crippen LogP contribution in [0.5, 0.6) is 11.5 Å². The number of carbonyl (C=O) groups is 1. The lowest BCUT2D eigenvalue weighted by Gasteiger charge is -2.12. The van der Waals surface area contributed by atoms with Gasteiger partial charge in [0.15, 0.2) is 11.5 Å². The van der Waals surface area contributed by atoms with Gasteiger partial charge >= 0.3 is 0 Å². The molecule has 1 amide bonds. The molecule has 0 saturated heterocycles. The quantitative estimate of drug-likeness (QED) is 0.803. The van der Waals surface area contributed by atoms with Crippen LogP contribution in [0.3, 0.4) is 0 Å². The predicted octanol–water partition coefficient (Wildman–Crippen LogP) is 2.93. The lowest BCUT2D eigenvalue weighted by atomic mass is 10.2. The largest absolute Gasteiger partial charge is 0.493 e. The summed E-state index contributed by atoms with van der Waals surface area (Å²) in [5.74, 6) is 2.45. The van der Waals surface area contributed by atoms with Gasteiger partial charge in [-0.3, -0.25) is 4.79 Å². The Morgan fingerprint density at radius 1 is 1.12 bits per heavy atom. The molecule has 25 heavy (non-hydrogen) atoms. The average molecular weight is 344 g/mol. The number of nitrogens with one attached hydrogen (secondary N) is 2. The predicted molar refractivity (Wildman–Crippen MR) is 96.8 cm³/mol. The van der Waals surface area contributed by atoms with Gasteiger partial charge in [0, 0.05) is 24.4 Å². The van der Waals surface area contributed by atoms with Crippen molar-refractivity contribution >= 4 is 17.4 Å². The molecule has 2 rings (SSSR count). The third-order valence-electron chi connectivity index (χ3n) is 3.40. The summed E-state index contributed by atoms with van der Waals surface area (Å²) >= 11 is 0. The second-order valence-corrected chi connectivity index (χ2v) is 5.98. The zero-order valence-corrected chi connectivity index (χ0v) is 15.2. The molecule has 2 N–H and O–H groups in total. The first kappa shape index (κ1) is 18.5. The van der Waals surface area contributed by atoms with Crippen molar-refractivity contribution in [3.8, 4) is 11.5 Å². The number of carbonyl (C=O) groups excluding carboxylic acids is 1. The molecular weight excluding hydrogens is 320 g/mol. The first-order chi connectivity index (χ1) is 11.9. The molecule has 0 atom stereocenters. The molecule has 0 aliphatic rings. The molecular formula is C18H24N4O3. The summed E-state index contributed by atoms with van der Waals surface area (Å²) < 4.78 is 10.5. The molecule has 0 unspecified atom stereocenters. The summed E-state index contributed by atoms with van der Waals surface area (Å²) in [5, 5.41) is 6.02. The molecule has 1 aromatic carbocycles. The molecule has 134 valence electrons. The van der Waals surface area contributed by atoms with Crippen molar-refractivity contribution in [2.75, 3.05) is 26.1 Å². The van der Waals surface area contributed by atoms with E-state index < -0.39 is 0 Å². The Hall–Kier alpha value is -2.83. The van der Waals surface area contributed by atoms with Gasteiger partial charge < -0.3 is 20.1 Å². The molecule has 0 fully saturated rings. The van der Waals surface area contributed by atoms with Crippen LogP contribution in [0, 0.1) is 12.8 Å². The normalized spacial score (nSPS) is 10.5. The number of hydrogen-bond donors (Lipinski definition) is 2. The highest BCUT2D eigenvalue weighted by Gasteiger charge is 2.12. The summed E-state index contributed by atoms with van der Waals surface area (Å²) in [4.78, 5) is 20.8. The van der Waals surface area contributed by atoms with Crippen molar-refractivity contribution in [2.45, 2.75) is 20.8 Å². The van der Waals surface area contributed by atoms with Crippen LogP contribution >= 0.6 is 0 Å². The van der Waals surface area contributed by atoms with E-state index in [0.29, 0.717) is 41.3 Å². The number of amides is 1. The monoisotopic (exact) mass is 344 g/mol. The van der Waals surface area contributed by atoms with E-state index in [-0.39, 0.29) is 5.91 Å². The number of methoxy groups -OCH3 is 2. The van der Waals surface area contributed by atoms with E-state index in [1.165, 1.54) is 0 Å². The fourth-order valence-corrected chi connectivity index (χ4v) is 2.20. The standard InChI is InChI=1S/C18H24N4O3/c1-11(2)10-19-18(23)14-9-17(21-12(3)20-14)22-13-6-7-15(24-4)16(8-13)25-5/h6-9,11H,10H2,1-5H3,(H,19,23)(H,20,21,22). The smallest absolute Gasteiger partial charge is 0.270 e. The Morgan fingerprint density at radius 3 is 2.48 bits per heavy atom. The highest BCUT2D eigenvalue weighted by Crippen LogP contribution is 2.30. The third kappa shape index (κ3) is 5.07. The first-order valence-corrected chi connectivity index (χ1v) is 8.06. The minimum Gasteiger partial charge on any atom is -0.493 e. The Balaban J connectivity index is 2.21. The molecule has 2 aromatic rings. The first-order valence-electron chi connectivity index (χ1n) is 8.06. The molecule has 0 aliphatic carbocycles. The highest BCUT2D eigenvalue weighted by molar-refractivity contribution is 5.93. The zero-order valence-electron chi connectivity index (χ0n) is 15.2. The van der Waals surface area contributed by atoms with E-state index in [1.807, 2.05) is 19.9 Å². The maximum absolute atomic E-state index is 12.2. The Bertz CT molecular complexity index is 747. The Labute approximate surface area is 147 Å². The van der Waals surface area contributed by atoms with Crippen LogP contribution in [-0.4, -0.2) is 36.6 Å². The summed E-state index contributed by atoms with van der Waals surface area (Å²) in [5.41, 5.74) is 1.10. The van der Waals surface area contributed by atoms with Gasteiger partial charge in [-0.1, -0.05) is 13.8 Å². The number of nitrogens with zero attached hydrogens (tertiary/aromatic N) is 2. The topological polar surface area (TPSA) is 85.4 Å². The minimum absolute atomic E-state index is 0.213. The number of ether oxygens (including phenoxy) is 2. The Kier molecular flexibility index (Phi) is 6.16. The van der Waals surface area contributed by atoms with Gasteiger partial charge in [-0.25, -0.2) is 9.97 Å². The molecule has 0 bridgehead atoms. The van der Waals surface area contributed by atoms with Crippen LogP contribution in [0.2, 0.25) is 0 Å². The van der Waals surface area contributed by atoms with E-state index in [2.05, 4.69) is 20.6 Å². The van der Waals surface area contributed by atoms with Crippen LogP contribution in [0.25, 0.3) is 0 Å². The van der Waals surface area contributed by atoms with Crippen molar-refractivity contribution < 1.29 is 14.3 Å². The number of anilines is 2. The van der Waals surface area contributed by atoms with E-state index in [0.717, 1.165) is 5.69 Å². The molecule has 7 nitrogen and oxygen atoms in total.